The molecule has 0 aliphatic heterocycles. The SMILES string of the molecule is O=C(NCCCOc1ccccc1F)NCCNC(=O)c1cccc(Br)c1. The zero-order valence-electron chi connectivity index (χ0n) is 14.6. The van der Waals surface area contributed by atoms with Crippen molar-refractivity contribution in [2.24, 2.45) is 0 Å². The number of carbonyl (C=O) groups is 2. The molecule has 2 rings (SSSR count). The number of amides is 3. The molecule has 0 saturated carbocycles. The molecule has 0 bridgehead atoms. The van der Waals surface area contributed by atoms with Gasteiger partial charge in [0.05, 0.1) is 6.61 Å². The van der Waals surface area contributed by atoms with E-state index >= 15 is 0 Å². The van der Waals surface area contributed by atoms with E-state index in [0.29, 0.717) is 38.2 Å². The van der Waals surface area contributed by atoms with Crippen LogP contribution in [0, 0.1) is 5.82 Å². The van der Waals surface area contributed by atoms with E-state index in [-0.39, 0.29) is 17.7 Å². The van der Waals surface area contributed by atoms with Crippen LogP contribution in [-0.2, 0) is 0 Å². The maximum absolute atomic E-state index is 13.3. The van der Waals surface area contributed by atoms with E-state index < -0.39 is 5.82 Å². The Morgan fingerprint density at radius 2 is 1.70 bits per heavy atom. The molecule has 0 radical (unpaired) electrons. The van der Waals surface area contributed by atoms with Gasteiger partial charge >= 0.3 is 6.03 Å². The van der Waals surface area contributed by atoms with Gasteiger partial charge in [0.25, 0.3) is 5.91 Å². The molecule has 3 N–H and O–H groups in total. The molecule has 0 aromatic heterocycles. The predicted molar refractivity (Wildman–Crippen MR) is 104 cm³/mol. The topological polar surface area (TPSA) is 79.5 Å². The number of halogens is 2. The summed E-state index contributed by atoms with van der Waals surface area (Å²) in [5, 5.41) is 8.04. The van der Waals surface area contributed by atoms with E-state index in [0.717, 1.165) is 4.47 Å². The first kappa shape index (κ1) is 20.7. The van der Waals surface area contributed by atoms with Gasteiger partial charge in [-0.05, 0) is 36.8 Å². The van der Waals surface area contributed by atoms with Crippen molar-refractivity contribution in [2.45, 2.75) is 6.42 Å². The lowest BCUT2D eigenvalue weighted by atomic mass is 10.2. The van der Waals surface area contributed by atoms with Crippen molar-refractivity contribution in [2.75, 3.05) is 26.2 Å². The van der Waals surface area contributed by atoms with Crippen LogP contribution in [0.5, 0.6) is 5.75 Å². The monoisotopic (exact) mass is 437 g/mol. The third-order valence-electron chi connectivity index (χ3n) is 3.48. The minimum Gasteiger partial charge on any atom is -0.490 e. The first-order valence-corrected chi connectivity index (χ1v) is 9.28. The highest BCUT2D eigenvalue weighted by Crippen LogP contribution is 2.15. The first-order chi connectivity index (χ1) is 13.1. The summed E-state index contributed by atoms with van der Waals surface area (Å²) < 4.78 is 19.5. The molecule has 0 heterocycles. The van der Waals surface area contributed by atoms with Gasteiger partial charge in [0.1, 0.15) is 0 Å². The van der Waals surface area contributed by atoms with Crippen molar-refractivity contribution in [3.8, 4) is 5.75 Å². The Morgan fingerprint density at radius 3 is 2.48 bits per heavy atom. The maximum atomic E-state index is 13.3. The highest BCUT2D eigenvalue weighted by atomic mass is 79.9. The first-order valence-electron chi connectivity index (χ1n) is 8.49. The van der Waals surface area contributed by atoms with Crippen LogP contribution in [-0.4, -0.2) is 38.2 Å². The summed E-state index contributed by atoms with van der Waals surface area (Å²) in [6, 6.07) is 12.9. The quantitative estimate of drug-likeness (QED) is 0.527. The van der Waals surface area contributed by atoms with Crippen LogP contribution in [0.1, 0.15) is 16.8 Å². The van der Waals surface area contributed by atoms with Crippen LogP contribution >= 0.6 is 15.9 Å². The van der Waals surface area contributed by atoms with E-state index in [1.165, 1.54) is 6.07 Å². The average molecular weight is 438 g/mol. The Hall–Kier alpha value is -2.61. The molecule has 0 aliphatic rings. The number of carbonyl (C=O) groups excluding carboxylic acids is 2. The van der Waals surface area contributed by atoms with Gasteiger partial charge in [-0.25, -0.2) is 9.18 Å². The number of para-hydroxylation sites is 1. The molecule has 0 atom stereocenters. The van der Waals surface area contributed by atoms with Gasteiger partial charge in [0.15, 0.2) is 11.6 Å². The molecule has 0 aliphatic carbocycles. The average Bonchev–Trinajstić information content (AvgIpc) is 2.66. The summed E-state index contributed by atoms with van der Waals surface area (Å²) in [7, 11) is 0. The fraction of sp³-hybridized carbons (Fsp3) is 0.263. The van der Waals surface area contributed by atoms with Crippen LogP contribution in [0.15, 0.2) is 53.0 Å². The van der Waals surface area contributed by atoms with Crippen molar-refractivity contribution in [1.29, 1.82) is 0 Å². The van der Waals surface area contributed by atoms with Crippen LogP contribution in [0.4, 0.5) is 9.18 Å². The minimum absolute atomic E-state index is 0.197. The molecule has 8 heteroatoms. The largest absolute Gasteiger partial charge is 0.490 e. The highest BCUT2D eigenvalue weighted by molar-refractivity contribution is 9.10. The van der Waals surface area contributed by atoms with E-state index in [1.807, 2.05) is 6.07 Å². The van der Waals surface area contributed by atoms with E-state index in [4.69, 9.17) is 4.74 Å². The van der Waals surface area contributed by atoms with E-state index in [9.17, 15) is 14.0 Å². The molecular formula is C19H21BrFN3O3. The van der Waals surface area contributed by atoms with Crippen LogP contribution in [0.3, 0.4) is 0 Å². The second kappa shape index (κ2) is 11.2. The third-order valence-corrected chi connectivity index (χ3v) is 3.98. The zero-order chi connectivity index (χ0) is 19.5. The molecular weight excluding hydrogens is 417 g/mol. The molecule has 27 heavy (non-hydrogen) atoms. The van der Waals surface area contributed by atoms with Crippen molar-refractivity contribution in [3.63, 3.8) is 0 Å². The minimum atomic E-state index is -0.409. The molecule has 2 aromatic rings. The Morgan fingerprint density at radius 1 is 0.963 bits per heavy atom. The number of ether oxygens (including phenoxy) is 1. The highest BCUT2D eigenvalue weighted by Gasteiger charge is 2.05. The van der Waals surface area contributed by atoms with E-state index in [2.05, 4.69) is 31.9 Å². The number of nitrogens with one attached hydrogen (secondary N) is 3. The lowest BCUT2D eigenvalue weighted by molar-refractivity contribution is 0.0953. The lowest BCUT2D eigenvalue weighted by Gasteiger charge is -2.10. The van der Waals surface area contributed by atoms with E-state index in [1.54, 1.807) is 36.4 Å². The number of hydrogen-bond acceptors (Lipinski definition) is 3. The van der Waals surface area contributed by atoms with Gasteiger partial charge in [0, 0.05) is 29.7 Å². The summed E-state index contributed by atoms with van der Waals surface area (Å²) in [5.41, 5.74) is 0.545. The lowest BCUT2D eigenvalue weighted by Crippen LogP contribution is -2.40. The fourth-order valence-electron chi connectivity index (χ4n) is 2.16. The maximum Gasteiger partial charge on any atom is 0.314 e. The predicted octanol–water partition coefficient (Wildman–Crippen LogP) is 3.09. The molecule has 0 spiro atoms. The molecule has 144 valence electrons. The molecule has 0 fully saturated rings. The summed E-state index contributed by atoms with van der Waals surface area (Å²) in [6.07, 6.45) is 0.543. The van der Waals surface area contributed by atoms with Gasteiger partial charge in [-0.15, -0.1) is 0 Å². The Labute approximate surface area is 165 Å². The summed E-state index contributed by atoms with van der Waals surface area (Å²) in [4.78, 5) is 23.6. The summed E-state index contributed by atoms with van der Waals surface area (Å²) >= 11 is 3.31. The van der Waals surface area contributed by atoms with Gasteiger partial charge in [-0.1, -0.05) is 34.1 Å². The van der Waals surface area contributed by atoms with Gasteiger partial charge < -0.3 is 20.7 Å². The molecule has 2 aromatic carbocycles. The van der Waals surface area contributed by atoms with Crippen LogP contribution in [0.2, 0.25) is 0 Å². The summed E-state index contributed by atoms with van der Waals surface area (Å²) in [5.74, 6) is -0.417. The number of benzene rings is 2. The molecule has 6 nitrogen and oxygen atoms in total. The van der Waals surface area contributed by atoms with Crippen LogP contribution in [0.25, 0.3) is 0 Å². The van der Waals surface area contributed by atoms with Crippen LogP contribution < -0.4 is 20.7 Å². The number of hydrogen-bond donors (Lipinski definition) is 3. The van der Waals surface area contributed by atoms with Gasteiger partial charge in [-0.2, -0.15) is 0 Å². The molecule has 3 amide bonds. The number of rotatable bonds is 9. The standard InChI is InChI=1S/C19H21BrFN3O3/c20-15-6-3-5-14(13-15)18(25)22-10-11-24-19(26)23-9-4-12-27-17-8-2-1-7-16(17)21/h1-3,5-8,13H,4,9-12H2,(H,22,25)(H2,23,24,26). The smallest absolute Gasteiger partial charge is 0.314 e. The Kier molecular flexibility index (Phi) is 8.57. The van der Waals surface area contributed by atoms with Gasteiger partial charge in [0.2, 0.25) is 0 Å². The fourth-order valence-corrected chi connectivity index (χ4v) is 2.56. The number of urea groups is 1. The normalized spacial score (nSPS) is 10.1. The second-order valence-corrected chi connectivity index (χ2v) is 6.50. The van der Waals surface area contributed by atoms with Crippen molar-refractivity contribution >= 4 is 27.9 Å². The third kappa shape index (κ3) is 7.65. The van der Waals surface area contributed by atoms with Crippen molar-refractivity contribution in [3.05, 3.63) is 64.4 Å². The van der Waals surface area contributed by atoms with Crippen molar-refractivity contribution in [1.82, 2.24) is 16.0 Å². The van der Waals surface area contributed by atoms with Gasteiger partial charge in [-0.3, -0.25) is 4.79 Å². The Balaban J connectivity index is 1.52. The Bertz CT molecular complexity index is 773. The molecule has 0 unspecified atom stereocenters. The molecule has 0 saturated heterocycles. The van der Waals surface area contributed by atoms with Crippen molar-refractivity contribution < 1.29 is 18.7 Å². The second-order valence-electron chi connectivity index (χ2n) is 5.58. The summed E-state index contributed by atoms with van der Waals surface area (Å²) in [6.45, 7) is 1.31. The zero-order valence-corrected chi connectivity index (χ0v) is 16.2.